The predicted octanol–water partition coefficient (Wildman–Crippen LogP) is 6.31. The Morgan fingerprint density at radius 3 is 2.07 bits per heavy atom. The molecule has 0 radical (unpaired) electrons. The topological polar surface area (TPSA) is 51.2 Å². The molecule has 0 atom stereocenters. The summed E-state index contributed by atoms with van der Waals surface area (Å²) in [5, 5.41) is -0.749. The van der Waals surface area contributed by atoms with Crippen LogP contribution in [0.4, 0.5) is 0 Å². The molecule has 160 valence electrons. The van der Waals surface area contributed by atoms with Crippen LogP contribution in [0.1, 0.15) is 83.1 Å². The van der Waals surface area contributed by atoms with Crippen LogP contribution in [0.15, 0.2) is 47.4 Å². The maximum absolute atomic E-state index is 12.2. The van der Waals surface area contributed by atoms with Crippen molar-refractivity contribution in [1.29, 1.82) is 0 Å². The Kier molecular flexibility index (Phi) is 5.85. The van der Waals surface area contributed by atoms with Crippen molar-refractivity contribution in [1.82, 2.24) is 0 Å². The normalized spacial score (nSPS) is 18.0. The fraction of sp³-hybridized carbons (Fsp3) is 0.423. The zero-order valence-corrected chi connectivity index (χ0v) is 19.7. The molecule has 2 aromatic rings. The van der Waals surface area contributed by atoms with E-state index in [1.165, 1.54) is 41.7 Å². The number of carbonyl (C=O) groups is 1. The second-order valence-corrected chi connectivity index (χ2v) is 11.6. The molecule has 30 heavy (non-hydrogen) atoms. The number of benzene rings is 2. The number of hydrogen-bond donors (Lipinski definition) is 0. The van der Waals surface area contributed by atoms with Gasteiger partial charge in [-0.1, -0.05) is 71.0 Å². The smallest absolute Gasteiger partial charge is 0.250 e. The summed E-state index contributed by atoms with van der Waals surface area (Å²) in [6.07, 6.45) is 4.40. The molecule has 0 aromatic heterocycles. The van der Waals surface area contributed by atoms with E-state index in [-0.39, 0.29) is 22.1 Å². The summed E-state index contributed by atoms with van der Waals surface area (Å²) in [5.41, 5.74) is 6.41. The molecule has 0 bridgehead atoms. The first kappa shape index (κ1) is 22.5. The van der Waals surface area contributed by atoms with E-state index in [0.717, 1.165) is 11.1 Å². The lowest BCUT2D eigenvalue weighted by atomic mass is 9.63. The lowest BCUT2D eigenvalue weighted by molar-refractivity contribution is -0.111. The molecular formula is C26H32O3S. The summed E-state index contributed by atoms with van der Waals surface area (Å²) in [4.78, 5) is 11.8. The highest BCUT2D eigenvalue weighted by atomic mass is 32.2. The Morgan fingerprint density at radius 2 is 1.50 bits per heavy atom. The molecule has 0 unspecified atom stereocenters. The molecule has 0 N–H and O–H groups in total. The number of hydrogen-bond acceptors (Lipinski definition) is 3. The van der Waals surface area contributed by atoms with Crippen molar-refractivity contribution >= 4 is 26.6 Å². The fourth-order valence-corrected chi connectivity index (χ4v) is 5.37. The van der Waals surface area contributed by atoms with E-state index in [1.54, 1.807) is 19.1 Å². The second-order valence-electron chi connectivity index (χ2n) is 9.65. The summed E-state index contributed by atoms with van der Waals surface area (Å²) >= 11 is 0. The van der Waals surface area contributed by atoms with Crippen molar-refractivity contribution in [2.75, 3.05) is 0 Å². The average Bonchev–Trinajstić information content (AvgIpc) is 2.71. The van der Waals surface area contributed by atoms with Gasteiger partial charge < -0.3 is 0 Å². The Hall–Kier alpha value is -2.20. The van der Waals surface area contributed by atoms with Crippen molar-refractivity contribution in [2.24, 2.45) is 0 Å². The molecule has 1 aliphatic carbocycles. The van der Waals surface area contributed by atoms with Gasteiger partial charge >= 0.3 is 0 Å². The number of fused-ring (bicyclic) bond motifs is 1. The van der Waals surface area contributed by atoms with Crippen LogP contribution in [0.3, 0.4) is 0 Å². The van der Waals surface area contributed by atoms with E-state index in [1.807, 2.05) is 0 Å². The van der Waals surface area contributed by atoms with E-state index >= 15 is 0 Å². The summed E-state index contributed by atoms with van der Waals surface area (Å²) in [6.45, 7) is 12.9. The highest BCUT2D eigenvalue weighted by Crippen LogP contribution is 2.46. The minimum absolute atomic E-state index is 0.0193. The van der Waals surface area contributed by atoms with Crippen LogP contribution < -0.4 is 0 Å². The summed E-state index contributed by atoms with van der Waals surface area (Å²) < 4.78 is 24.4. The molecule has 3 rings (SSSR count). The molecule has 0 saturated heterocycles. The Balaban J connectivity index is 1.94. The average molecular weight is 425 g/mol. The Bertz CT molecular complexity index is 1100. The number of carbonyl (C=O) groups excluding carboxylic acids is 1. The molecule has 1 aliphatic rings. The minimum atomic E-state index is -3.88. The zero-order chi connectivity index (χ0) is 22.3. The van der Waals surface area contributed by atoms with Crippen molar-refractivity contribution in [3.8, 4) is 0 Å². The quantitative estimate of drug-likeness (QED) is 0.541. The lowest BCUT2D eigenvalue weighted by Gasteiger charge is -2.42. The maximum Gasteiger partial charge on any atom is 0.250 e. The van der Waals surface area contributed by atoms with Gasteiger partial charge in [0.1, 0.15) is 0 Å². The molecule has 0 heterocycles. The summed E-state index contributed by atoms with van der Waals surface area (Å²) in [5.74, 6) is 0. The molecule has 2 aromatic carbocycles. The van der Waals surface area contributed by atoms with Crippen LogP contribution in [0.2, 0.25) is 0 Å². The Labute approximate surface area is 181 Å². The van der Waals surface area contributed by atoms with E-state index in [2.05, 4.69) is 58.9 Å². The third-order valence-electron chi connectivity index (χ3n) is 6.47. The molecule has 4 heteroatoms. The standard InChI is InChI=1S/C26H32O3S/c1-7-24(27)30(28,29)21-11-8-19(9-12-21)16-18(2)20-10-13-22-23(17-20)26(5,6)15-14-25(22,3)4/h8-13,16-17H,7,14-15H2,1-6H3. The third-order valence-corrected chi connectivity index (χ3v) is 8.25. The molecule has 0 saturated carbocycles. The van der Waals surface area contributed by atoms with Gasteiger partial charge in [-0.15, -0.1) is 0 Å². The van der Waals surface area contributed by atoms with Crippen LogP contribution in [0.25, 0.3) is 11.6 Å². The number of allylic oxidation sites excluding steroid dienone is 1. The van der Waals surface area contributed by atoms with Gasteiger partial charge in [0.15, 0.2) is 0 Å². The summed E-state index contributed by atoms with van der Waals surface area (Å²) in [6, 6.07) is 13.3. The zero-order valence-electron chi connectivity index (χ0n) is 18.9. The lowest BCUT2D eigenvalue weighted by Crippen LogP contribution is -2.33. The monoisotopic (exact) mass is 424 g/mol. The molecule has 0 fully saturated rings. The van der Waals surface area contributed by atoms with Crippen LogP contribution in [0, 0.1) is 0 Å². The van der Waals surface area contributed by atoms with E-state index in [0.29, 0.717) is 0 Å². The van der Waals surface area contributed by atoms with E-state index in [4.69, 9.17) is 0 Å². The van der Waals surface area contributed by atoms with Crippen molar-refractivity contribution in [3.05, 3.63) is 64.7 Å². The molecule has 0 amide bonds. The van der Waals surface area contributed by atoms with E-state index < -0.39 is 15.0 Å². The second kappa shape index (κ2) is 7.81. The van der Waals surface area contributed by atoms with Gasteiger partial charge in [-0.3, -0.25) is 4.79 Å². The van der Waals surface area contributed by atoms with Crippen LogP contribution in [-0.4, -0.2) is 13.5 Å². The SMILES string of the molecule is CCC(=O)S(=O)(=O)c1ccc(C=C(C)c2ccc3c(c2)C(C)(C)CCC3(C)C)cc1. The van der Waals surface area contributed by atoms with Gasteiger partial charge in [-0.25, -0.2) is 8.42 Å². The molecule has 0 spiro atoms. The minimum Gasteiger partial charge on any atom is -0.281 e. The highest BCUT2D eigenvalue weighted by molar-refractivity contribution is 8.06. The van der Waals surface area contributed by atoms with Crippen molar-refractivity contribution in [2.45, 2.75) is 76.5 Å². The van der Waals surface area contributed by atoms with Crippen LogP contribution >= 0.6 is 0 Å². The van der Waals surface area contributed by atoms with Crippen molar-refractivity contribution < 1.29 is 13.2 Å². The van der Waals surface area contributed by atoms with Crippen molar-refractivity contribution in [3.63, 3.8) is 0 Å². The van der Waals surface area contributed by atoms with Gasteiger partial charge in [-0.05, 0) is 70.6 Å². The molecule has 3 nitrogen and oxygen atoms in total. The summed E-state index contributed by atoms with van der Waals surface area (Å²) in [7, 11) is -3.88. The van der Waals surface area contributed by atoms with Crippen LogP contribution in [0.5, 0.6) is 0 Å². The first-order chi connectivity index (χ1) is 13.9. The first-order valence-electron chi connectivity index (χ1n) is 10.6. The van der Waals surface area contributed by atoms with Gasteiger partial charge in [0, 0.05) is 6.42 Å². The number of sulfone groups is 1. The fourth-order valence-electron chi connectivity index (χ4n) is 4.23. The first-order valence-corrected chi connectivity index (χ1v) is 12.1. The Morgan fingerprint density at radius 1 is 0.933 bits per heavy atom. The van der Waals surface area contributed by atoms with Gasteiger partial charge in [0.2, 0.25) is 9.84 Å². The van der Waals surface area contributed by atoms with Crippen LogP contribution in [-0.2, 0) is 25.5 Å². The largest absolute Gasteiger partial charge is 0.281 e. The van der Waals surface area contributed by atoms with Gasteiger partial charge in [0.25, 0.3) is 5.12 Å². The number of rotatable bonds is 4. The maximum atomic E-state index is 12.2. The van der Waals surface area contributed by atoms with E-state index in [9.17, 15) is 13.2 Å². The third kappa shape index (κ3) is 4.15. The molecule has 0 aliphatic heterocycles. The molecular weight excluding hydrogens is 392 g/mol. The van der Waals surface area contributed by atoms with Gasteiger partial charge in [-0.2, -0.15) is 0 Å². The van der Waals surface area contributed by atoms with Gasteiger partial charge in [0.05, 0.1) is 4.90 Å². The predicted molar refractivity (Wildman–Crippen MR) is 124 cm³/mol. The highest BCUT2D eigenvalue weighted by Gasteiger charge is 2.36.